The Labute approximate surface area is 218 Å². The zero-order valence-electron chi connectivity index (χ0n) is 22.0. The topological polar surface area (TPSA) is 96.3 Å². The number of hydrogen-bond donors (Lipinski definition) is 2. The normalized spacial score (nSPS) is 16.9. The number of imidazole rings is 1. The summed E-state index contributed by atoms with van der Waals surface area (Å²) in [5.41, 5.74) is 3.52. The van der Waals surface area contributed by atoms with Crippen molar-refractivity contribution in [2.45, 2.75) is 65.7 Å². The molecule has 0 unspecified atom stereocenters. The molecule has 2 aromatic carbocycles. The number of nitrogens with one attached hydrogen (secondary N) is 2. The fourth-order valence-electron chi connectivity index (χ4n) is 4.67. The number of rotatable bonds is 9. The maximum Gasteiger partial charge on any atom is 0.273 e. The summed E-state index contributed by atoms with van der Waals surface area (Å²) in [6, 6.07) is 16.0. The molecular weight excluding hydrogens is 466 g/mol. The van der Waals surface area contributed by atoms with Gasteiger partial charge in [0, 0.05) is 19.6 Å². The molecule has 0 radical (unpaired) electrons. The van der Waals surface area contributed by atoms with Crippen molar-refractivity contribution in [2.75, 3.05) is 6.54 Å². The average molecular weight is 502 g/mol. The summed E-state index contributed by atoms with van der Waals surface area (Å²) in [5.74, 6) is -1.02. The molecular formula is C29H35N5O3. The van der Waals surface area contributed by atoms with E-state index in [0.717, 1.165) is 23.1 Å². The number of fused-ring (bicyclic) bond motifs is 1. The molecule has 3 aromatic rings. The highest BCUT2D eigenvalue weighted by molar-refractivity contribution is 6.07. The first-order valence-corrected chi connectivity index (χ1v) is 12.8. The lowest BCUT2D eigenvalue weighted by molar-refractivity contribution is -0.133. The van der Waals surface area contributed by atoms with Crippen molar-refractivity contribution in [1.82, 2.24) is 25.1 Å². The van der Waals surface area contributed by atoms with Crippen molar-refractivity contribution in [3.8, 4) is 0 Å². The zero-order chi connectivity index (χ0) is 26.6. The van der Waals surface area contributed by atoms with Crippen LogP contribution in [0.15, 0.2) is 54.9 Å². The third kappa shape index (κ3) is 5.43. The van der Waals surface area contributed by atoms with Crippen molar-refractivity contribution in [3.05, 3.63) is 88.5 Å². The second-order valence-corrected chi connectivity index (χ2v) is 9.82. The molecule has 8 heteroatoms. The van der Waals surface area contributed by atoms with Gasteiger partial charge >= 0.3 is 0 Å². The minimum absolute atomic E-state index is 0.0818. The number of carbonyl (C=O) groups excluding carboxylic acids is 3. The molecule has 37 heavy (non-hydrogen) atoms. The van der Waals surface area contributed by atoms with Crippen molar-refractivity contribution < 1.29 is 14.4 Å². The summed E-state index contributed by atoms with van der Waals surface area (Å²) in [7, 11) is 0. The van der Waals surface area contributed by atoms with Crippen LogP contribution in [0.4, 0.5) is 0 Å². The zero-order valence-corrected chi connectivity index (χ0v) is 22.0. The van der Waals surface area contributed by atoms with Gasteiger partial charge in [0.1, 0.15) is 11.2 Å². The molecule has 0 aliphatic carbocycles. The predicted molar refractivity (Wildman–Crippen MR) is 142 cm³/mol. The number of hydrogen-bond acceptors (Lipinski definition) is 4. The summed E-state index contributed by atoms with van der Waals surface area (Å²) in [4.78, 5) is 46.0. The fraction of sp³-hybridized carbons (Fsp3) is 0.379. The van der Waals surface area contributed by atoms with E-state index in [4.69, 9.17) is 0 Å². The molecule has 0 fully saturated rings. The number of carbonyl (C=O) groups is 3. The first kappa shape index (κ1) is 26.1. The van der Waals surface area contributed by atoms with Crippen LogP contribution < -0.4 is 10.6 Å². The van der Waals surface area contributed by atoms with Gasteiger partial charge in [-0.25, -0.2) is 4.98 Å². The molecule has 1 aromatic heterocycles. The number of nitrogens with zero attached hydrogens (tertiary/aromatic N) is 3. The van der Waals surface area contributed by atoms with Gasteiger partial charge in [-0.3, -0.25) is 14.4 Å². The van der Waals surface area contributed by atoms with Crippen LogP contribution in [0.2, 0.25) is 0 Å². The van der Waals surface area contributed by atoms with E-state index in [1.54, 1.807) is 16.4 Å². The third-order valence-corrected chi connectivity index (χ3v) is 6.97. The molecule has 2 heterocycles. The molecule has 4 rings (SSSR count). The fourth-order valence-corrected chi connectivity index (χ4v) is 4.67. The lowest BCUT2D eigenvalue weighted by atomic mass is 9.93. The average Bonchev–Trinajstić information content (AvgIpc) is 3.33. The van der Waals surface area contributed by atoms with E-state index in [1.807, 2.05) is 62.4 Å². The first-order chi connectivity index (χ1) is 17.8. The maximum atomic E-state index is 13.7. The molecule has 8 nitrogen and oxygen atoms in total. The Balaban J connectivity index is 1.51. The van der Waals surface area contributed by atoms with Crippen LogP contribution in [0.5, 0.6) is 0 Å². The summed E-state index contributed by atoms with van der Waals surface area (Å²) < 4.78 is 1.63. The van der Waals surface area contributed by atoms with Crippen LogP contribution in [0.25, 0.3) is 0 Å². The number of aromatic nitrogens is 2. The van der Waals surface area contributed by atoms with Crippen molar-refractivity contribution in [3.63, 3.8) is 0 Å². The van der Waals surface area contributed by atoms with Crippen molar-refractivity contribution in [2.24, 2.45) is 0 Å². The van der Waals surface area contributed by atoms with E-state index in [1.165, 1.54) is 11.9 Å². The Bertz CT molecular complexity index is 1280. The predicted octanol–water partition coefficient (Wildman–Crippen LogP) is 3.62. The SMILES string of the molecule is CCCN1C(=O)c2c(C(=O)NCc3ccc(CC)cc3)ncn2C[C@@]1(C)C(=O)NCc1ccc(C)cc1. The molecule has 0 saturated heterocycles. The van der Waals surface area contributed by atoms with E-state index in [-0.39, 0.29) is 29.7 Å². The molecule has 2 N–H and O–H groups in total. The van der Waals surface area contributed by atoms with Crippen molar-refractivity contribution >= 4 is 17.7 Å². The number of amides is 3. The van der Waals surface area contributed by atoms with E-state index < -0.39 is 11.4 Å². The monoisotopic (exact) mass is 501 g/mol. The molecule has 0 bridgehead atoms. The quantitative estimate of drug-likeness (QED) is 0.468. The van der Waals surface area contributed by atoms with E-state index >= 15 is 0 Å². The van der Waals surface area contributed by atoms with Gasteiger partial charge in [-0.2, -0.15) is 0 Å². The van der Waals surface area contributed by atoms with E-state index in [9.17, 15) is 14.4 Å². The molecule has 0 spiro atoms. The van der Waals surface area contributed by atoms with Gasteiger partial charge in [-0.1, -0.05) is 67.9 Å². The summed E-state index contributed by atoms with van der Waals surface area (Å²) >= 11 is 0. The lowest BCUT2D eigenvalue weighted by Crippen LogP contribution is -2.64. The molecule has 194 valence electrons. The van der Waals surface area contributed by atoms with Gasteiger partial charge in [0.05, 0.1) is 12.9 Å². The Morgan fingerprint density at radius 1 is 0.946 bits per heavy atom. The Kier molecular flexibility index (Phi) is 7.76. The van der Waals surface area contributed by atoms with Gasteiger partial charge in [0.15, 0.2) is 5.69 Å². The highest BCUT2D eigenvalue weighted by atomic mass is 16.2. The second kappa shape index (κ2) is 11.0. The number of benzene rings is 2. The van der Waals surface area contributed by atoms with Gasteiger partial charge < -0.3 is 20.1 Å². The summed E-state index contributed by atoms with van der Waals surface area (Å²) in [6.45, 7) is 9.15. The lowest BCUT2D eigenvalue weighted by Gasteiger charge is -2.43. The Morgan fingerprint density at radius 3 is 2.16 bits per heavy atom. The Hall–Kier alpha value is -3.94. The van der Waals surface area contributed by atoms with Crippen LogP contribution in [-0.2, 0) is 30.8 Å². The highest BCUT2D eigenvalue weighted by Crippen LogP contribution is 2.29. The minimum Gasteiger partial charge on any atom is -0.350 e. The van der Waals surface area contributed by atoms with E-state index in [2.05, 4.69) is 22.5 Å². The molecule has 1 aliphatic heterocycles. The third-order valence-electron chi connectivity index (χ3n) is 6.97. The number of aryl methyl sites for hydroxylation is 2. The Morgan fingerprint density at radius 2 is 1.54 bits per heavy atom. The second-order valence-electron chi connectivity index (χ2n) is 9.82. The molecule has 0 saturated carbocycles. The van der Waals surface area contributed by atoms with Crippen molar-refractivity contribution in [1.29, 1.82) is 0 Å². The standard InChI is InChI=1S/C29H35N5O3/c1-5-15-34-27(36)25-24(26(35)30-16-23-13-11-21(6-2)12-14-23)32-19-33(25)18-29(34,4)28(37)31-17-22-9-7-20(3)8-10-22/h7-14,19H,5-6,15-18H2,1-4H3,(H,30,35)(H,31,37)/t29-/m0/s1. The van der Waals surface area contributed by atoms with Crippen LogP contribution in [0, 0.1) is 6.92 Å². The largest absolute Gasteiger partial charge is 0.350 e. The maximum absolute atomic E-state index is 13.7. The first-order valence-electron chi connectivity index (χ1n) is 12.8. The van der Waals surface area contributed by atoms with E-state index in [0.29, 0.717) is 26.1 Å². The summed E-state index contributed by atoms with van der Waals surface area (Å²) in [6.07, 6.45) is 3.11. The van der Waals surface area contributed by atoms with Gasteiger partial charge in [-0.15, -0.1) is 0 Å². The van der Waals surface area contributed by atoms with Crippen LogP contribution in [-0.4, -0.2) is 44.3 Å². The summed E-state index contributed by atoms with van der Waals surface area (Å²) in [5, 5.41) is 5.88. The molecule has 1 atom stereocenters. The van der Waals surface area contributed by atoms with Crippen LogP contribution >= 0.6 is 0 Å². The van der Waals surface area contributed by atoms with Gasteiger partial charge in [0.25, 0.3) is 11.8 Å². The van der Waals surface area contributed by atoms with Crippen LogP contribution in [0.1, 0.15) is 70.4 Å². The smallest absolute Gasteiger partial charge is 0.273 e. The van der Waals surface area contributed by atoms with Crippen LogP contribution in [0.3, 0.4) is 0 Å². The highest BCUT2D eigenvalue weighted by Gasteiger charge is 2.48. The molecule has 3 amide bonds. The molecule has 1 aliphatic rings. The minimum atomic E-state index is -1.11. The van der Waals surface area contributed by atoms with Gasteiger partial charge in [0.2, 0.25) is 5.91 Å². The van der Waals surface area contributed by atoms with Gasteiger partial charge in [-0.05, 0) is 43.4 Å².